The fourth-order valence-electron chi connectivity index (χ4n) is 3.85. The Morgan fingerprint density at radius 1 is 0.871 bits per heavy atom. The quantitative estimate of drug-likeness (QED) is 0.641. The molecule has 0 unspecified atom stereocenters. The van der Waals surface area contributed by atoms with Gasteiger partial charge in [-0.05, 0) is 31.5 Å². The highest BCUT2D eigenvalue weighted by Crippen LogP contribution is 2.14. The van der Waals surface area contributed by atoms with E-state index in [-0.39, 0.29) is 17.8 Å². The first-order chi connectivity index (χ1) is 14.8. The van der Waals surface area contributed by atoms with Crippen LogP contribution in [0.4, 0.5) is 4.79 Å². The standard InChI is InChI=1S/C21H32N4O5S/c1-3-30-21(27)24-13-11-23(12-14-24)20(26)19-7-5-18(6-8-19)17-22-9-15-25(16-10-22)31(28,29)4-2/h5-8H,3-4,9-17H2,1-2H3. The molecule has 0 aromatic heterocycles. The first kappa shape index (κ1) is 23.5. The van der Waals surface area contributed by atoms with E-state index in [0.29, 0.717) is 64.5 Å². The van der Waals surface area contributed by atoms with Gasteiger partial charge in [-0.2, -0.15) is 4.31 Å². The molecule has 0 atom stereocenters. The summed E-state index contributed by atoms with van der Waals surface area (Å²) in [6.07, 6.45) is -0.327. The summed E-state index contributed by atoms with van der Waals surface area (Å²) in [5.41, 5.74) is 1.72. The Balaban J connectivity index is 1.48. The molecule has 1 aromatic rings. The Kier molecular flexibility index (Phi) is 7.90. The number of amides is 2. The predicted molar refractivity (Wildman–Crippen MR) is 117 cm³/mol. The zero-order chi connectivity index (χ0) is 22.4. The maximum atomic E-state index is 12.8. The SMILES string of the molecule is CCOC(=O)N1CCN(C(=O)c2ccc(CN3CCN(S(=O)(=O)CC)CC3)cc2)CC1. The Hall–Kier alpha value is -2.17. The molecule has 2 amide bonds. The third-order valence-corrected chi connectivity index (χ3v) is 7.67. The number of hydrogen-bond donors (Lipinski definition) is 0. The van der Waals surface area contributed by atoms with Crippen LogP contribution in [0, 0.1) is 0 Å². The highest BCUT2D eigenvalue weighted by atomic mass is 32.2. The van der Waals surface area contributed by atoms with Gasteiger partial charge in [0.2, 0.25) is 10.0 Å². The molecule has 2 heterocycles. The van der Waals surface area contributed by atoms with Crippen LogP contribution in [0.2, 0.25) is 0 Å². The fourth-order valence-corrected chi connectivity index (χ4v) is 4.93. The summed E-state index contributed by atoms with van der Waals surface area (Å²) in [5, 5.41) is 0. The minimum absolute atomic E-state index is 0.0338. The summed E-state index contributed by atoms with van der Waals surface area (Å²) in [6.45, 7) is 8.89. The highest BCUT2D eigenvalue weighted by Gasteiger charge is 2.27. The summed E-state index contributed by atoms with van der Waals surface area (Å²) in [6, 6.07) is 7.59. The molecule has 0 saturated carbocycles. The van der Waals surface area contributed by atoms with Crippen LogP contribution in [0.15, 0.2) is 24.3 Å². The molecule has 0 bridgehead atoms. The first-order valence-corrected chi connectivity index (χ1v) is 12.4. The molecule has 1 aromatic carbocycles. The van der Waals surface area contributed by atoms with Crippen LogP contribution in [-0.4, -0.2) is 104 Å². The normalized spacial score (nSPS) is 18.8. The van der Waals surface area contributed by atoms with Crippen molar-refractivity contribution in [3.05, 3.63) is 35.4 Å². The van der Waals surface area contributed by atoms with Gasteiger partial charge >= 0.3 is 6.09 Å². The molecule has 0 spiro atoms. The third kappa shape index (κ3) is 5.96. The van der Waals surface area contributed by atoms with Crippen molar-refractivity contribution in [3.63, 3.8) is 0 Å². The van der Waals surface area contributed by atoms with Crippen LogP contribution in [0.3, 0.4) is 0 Å². The van der Waals surface area contributed by atoms with Crippen LogP contribution < -0.4 is 0 Å². The number of benzene rings is 1. The Morgan fingerprint density at radius 2 is 1.45 bits per heavy atom. The van der Waals surface area contributed by atoms with Gasteiger partial charge in [0.1, 0.15) is 0 Å². The summed E-state index contributed by atoms with van der Waals surface area (Å²) in [7, 11) is -3.12. The van der Waals surface area contributed by atoms with Crippen molar-refractivity contribution in [1.82, 2.24) is 19.0 Å². The van der Waals surface area contributed by atoms with Crippen LogP contribution in [0.1, 0.15) is 29.8 Å². The van der Waals surface area contributed by atoms with Gasteiger partial charge in [0.05, 0.1) is 12.4 Å². The molecule has 0 aliphatic carbocycles. The zero-order valence-corrected chi connectivity index (χ0v) is 19.1. The van der Waals surface area contributed by atoms with E-state index in [1.807, 2.05) is 24.3 Å². The molecule has 10 heteroatoms. The second-order valence-corrected chi connectivity index (χ2v) is 10.0. The van der Waals surface area contributed by atoms with Gasteiger partial charge in [0.25, 0.3) is 5.91 Å². The van der Waals surface area contributed by atoms with E-state index < -0.39 is 10.0 Å². The monoisotopic (exact) mass is 452 g/mol. The Bertz CT molecular complexity index is 858. The smallest absolute Gasteiger partial charge is 0.409 e. The maximum Gasteiger partial charge on any atom is 0.409 e. The van der Waals surface area contributed by atoms with Gasteiger partial charge in [0, 0.05) is 64.5 Å². The Labute approximate surface area is 184 Å². The molecule has 2 fully saturated rings. The average molecular weight is 453 g/mol. The largest absolute Gasteiger partial charge is 0.450 e. The van der Waals surface area contributed by atoms with E-state index in [2.05, 4.69) is 4.90 Å². The number of carbonyl (C=O) groups excluding carboxylic acids is 2. The van der Waals surface area contributed by atoms with Crippen LogP contribution in [0.25, 0.3) is 0 Å². The van der Waals surface area contributed by atoms with E-state index in [0.717, 1.165) is 12.1 Å². The summed E-state index contributed by atoms with van der Waals surface area (Å²) >= 11 is 0. The lowest BCUT2D eigenvalue weighted by atomic mass is 10.1. The topological polar surface area (TPSA) is 90.5 Å². The lowest BCUT2D eigenvalue weighted by Gasteiger charge is -2.34. The number of nitrogens with zero attached hydrogens (tertiary/aromatic N) is 4. The van der Waals surface area contributed by atoms with Gasteiger partial charge in [-0.3, -0.25) is 9.69 Å². The molecule has 0 radical (unpaired) electrons. The van der Waals surface area contributed by atoms with Crippen molar-refractivity contribution in [2.45, 2.75) is 20.4 Å². The van der Waals surface area contributed by atoms with Crippen LogP contribution in [-0.2, 0) is 21.3 Å². The molecule has 2 aliphatic rings. The van der Waals surface area contributed by atoms with Crippen LogP contribution >= 0.6 is 0 Å². The van der Waals surface area contributed by atoms with Gasteiger partial charge in [0.15, 0.2) is 0 Å². The molecular formula is C21H32N4O5S. The predicted octanol–water partition coefficient (Wildman–Crippen LogP) is 1.07. The van der Waals surface area contributed by atoms with E-state index >= 15 is 0 Å². The summed E-state index contributed by atoms with van der Waals surface area (Å²) < 4.78 is 30.5. The van der Waals surface area contributed by atoms with Gasteiger partial charge < -0.3 is 14.5 Å². The van der Waals surface area contributed by atoms with Gasteiger partial charge in [-0.1, -0.05) is 12.1 Å². The van der Waals surface area contributed by atoms with Gasteiger partial charge in [-0.25, -0.2) is 13.2 Å². The van der Waals surface area contributed by atoms with E-state index in [9.17, 15) is 18.0 Å². The fraction of sp³-hybridized carbons (Fsp3) is 0.619. The van der Waals surface area contributed by atoms with Crippen molar-refractivity contribution in [2.75, 3.05) is 64.7 Å². The van der Waals surface area contributed by atoms with Crippen LogP contribution in [0.5, 0.6) is 0 Å². The van der Waals surface area contributed by atoms with Gasteiger partial charge in [-0.15, -0.1) is 0 Å². The number of hydrogen-bond acceptors (Lipinski definition) is 6. The Morgan fingerprint density at radius 3 is 2.00 bits per heavy atom. The number of ether oxygens (including phenoxy) is 1. The average Bonchev–Trinajstić information content (AvgIpc) is 2.80. The van der Waals surface area contributed by atoms with E-state index in [4.69, 9.17) is 4.74 Å². The number of rotatable bonds is 6. The summed E-state index contributed by atoms with van der Waals surface area (Å²) in [4.78, 5) is 30.2. The van der Waals surface area contributed by atoms with Crippen molar-refractivity contribution >= 4 is 22.0 Å². The number of carbonyl (C=O) groups is 2. The lowest BCUT2D eigenvalue weighted by Crippen LogP contribution is -2.50. The van der Waals surface area contributed by atoms with Crippen molar-refractivity contribution in [1.29, 1.82) is 0 Å². The zero-order valence-electron chi connectivity index (χ0n) is 18.3. The minimum atomic E-state index is -3.12. The summed E-state index contributed by atoms with van der Waals surface area (Å²) in [5.74, 6) is 0.105. The molecule has 3 rings (SSSR count). The highest BCUT2D eigenvalue weighted by molar-refractivity contribution is 7.89. The van der Waals surface area contributed by atoms with E-state index in [1.54, 1.807) is 28.0 Å². The molecule has 172 valence electrons. The van der Waals surface area contributed by atoms with Crippen molar-refractivity contribution < 1.29 is 22.7 Å². The second kappa shape index (κ2) is 10.4. The molecule has 9 nitrogen and oxygen atoms in total. The lowest BCUT2D eigenvalue weighted by molar-refractivity contribution is 0.0570. The number of sulfonamides is 1. The molecule has 2 aliphatic heterocycles. The molecular weight excluding hydrogens is 420 g/mol. The maximum absolute atomic E-state index is 12.8. The number of piperazine rings is 2. The minimum Gasteiger partial charge on any atom is -0.450 e. The van der Waals surface area contributed by atoms with Crippen molar-refractivity contribution in [2.24, 2.45) is 0 Å². The second-order valence-electron chi connectivity index (χ2n) is 7.75. The molecule has 2 saturated heterocycles. The molecule has 0 N–H and O–H groups in total. The van der Waals surface area contributed by atoms with Crippen molar-refractivity contribution in [3.8, 4) is 0 Å². The first-order valence-electron chi connectivity index (χ1n) is 10.8. The third-order valence-electron chi connectivity index (χ3n) is 5.79. The van der Waals surface area contributed by atoms with E-state index in [1.165, 1.54) is 0 Å². The molecule has 31 heavy (non-hydrogen) atoms.